The predicted octanol–water partition coefficient (Wildman–Crippen LogP) is 2.17. The number of aromatic amines is 1. The Bertz CT molecular complexity index is 405. The van der Waals surface area contributed by atoms with Gasteiger partial charge < -0.3 is 15.0 Å². The molecule has 1 amide bonds. The highest BCUT2D eigenvalue weighted by Gasteiger charge is 2.20. The van der Waals surface area contributed by atoms with Crippen LogP contribution in [0, 0.1) is 10.1 Å². The molecule has 6 nitrogen and oxygen atoms in total. The SMILES string of the molecule is CCN(CCCBr)C(=O)c1ccc([N+](=O)[O-])[nH]1. The molecule has 7 heteroatoms. The van der Waals surface area contributed by atoms with Crippen LogP contribution in [-0.2, 0) is 0 Å². The summed E-state index contributed by atoms with van der Waals surface area (Å²) in [6, 6.07) is 2.74. The zero-order valence-electron chi connectivity index (χ0n) is 9.48. The van der Waals surface area contributed by atoms with E-state index in [1.165, 1.54) is 12.1 Å². The van der Waals surface area contributed by atoms with Crippen LogP contribution in [0.4, 0.5) is 5.82 Å². The number of H-pyrrole nitrogens is 1. The number of amides is 1. The molecular weight excluding hydrogens is 290 g/mol. The van der Waals surface area contributed by atoms with Gasteiger partial charge in [0.15, 0.2) is 5.69 Å². The number of carbonyl (C=O) groups is 1. The van der Waals surface area contributed by atoms with Crippen LogP contribution < -0.4 is 0 Å². The van der Waals surface area contributed by atoms with Crippen LogP contribution in [0.15, 0.2) is 12.1 Å². The molecule has 17 heavy (non-hydrogen) atoms. The maximum Gasteiger partial charge on any atom is 0.321 e. The average molecular weight is 304 g/mol. The summed E-state index contributed by atoms with van der Waals surface area (Å²) in [6.45, 7) is 3.09. The smallest absolute Gasteiger partial charge is 0.321 e. The molecule has 0 aliphatic rings. The Morgan fingerprint density at radius 1 is 1.59 bits per heavy atom. The topological polar surface area (TPSA) is 79.2 Å². The molecular formula is C10H14BrN3O3. The van der Waals surface area contributed by atoms with Gasteiger partial charge in [0, 0.05) is 24.5 Å². The summed E-state index contributed by atoms with van der Waals surface area (Å²) in [7, 11) is 0. The largest absolute Gasteiger partial charge is 0.358 e. The van der Waals surface area contributed by atoms with Gasteiger partial charge in [0.25, 0.3) is 5.91 Å². The van der Waals surface area contributed by atoms with Crippen LogP contribution in [0.1, 0.15) is 23.8 Å². The molecule has 0 atom stereocenters. The third-order valence-corrected chi connectivity index (χ3v) is 2.89. The van der Waals surface area contributed by atoms with Crippen LogP contribution >= 0.6 is 15.9 Å². The summed E-state index contributed by atoms with van der Waals surface area (Å²) in [4.78, 5) is 26.1. The van der Waals surface area contributed by atoms with Crippen molar-refractivity contribution >= 4 is 27.7 Å². The molecule has 1 aromatic rings. The molecule has 1 N–H and O–H groups in total. The van der Waals surface area contributed by atoms with Crippen LogP contribution in [0.5, 0.6) is 0 Å². The molecule has 0 unspecified atom stereocenters. The highest BCUT2D eigenvalue weighted by Crippen LogP contribution is 2.12. The Morgan fingerprint density at radius 3 is 2.76 bits per heavy atom. The van der Waals surface area contributed by atoms with E-state index < -0.39 is 4.92 Å². The van der Waals surface area contributed by atoms with E-state index in [9.17, 15) is 14.9 Å². The zero-order chi connectivity index (χ0) is 12.8. The van der Waals surface area contributed by atoms with Crippen molar-refractivity contribution in [3.05, 3.63) is 27.9 Å². The molecule has 1 rings (SSSR count). The fraction of sp³-hybridized carbons (Fsp3) is 0.500. The van der Waals surface area contributed by atoms with Crippen molar-refractivity contribution in [3.63, 3.8) is 0 Å². The molecule has 94 valence electrons. The number of halogens is 1. The molecule has 0 aliphatic heterocycles. The minimum Gasteiger partial charge on any atom is -0.358 e. The number of aromatic nitrogens is 1. The van der Waals surface area contributed by atoms with E-state index in [-0.39, 0.29) is 17.4 Å². The molecule has 0 saturated carbocycles. The number of hydrogen-bond acceptors (Lipinski definition) is 3. The van der Waals surface area contributed by atoms with Gasteiger partial charge in [0.1, 0.15) is 0 Å². The maximum absolute atomic E-state index is 12.0. The van der Waals surface area contributed by atoms with Gasteiger partial charge in [-0.15, -0.1) is 0 Å². The Kier molecular flexibility index (Phi) is 5.14. The Hall–Kier alpha value is -1.37. The Morgan fingerprint density at radius 2 is 2.29 bits per heavy atom. The summed E-state index contributed by atoms with van der Waals surface area (Å²) >= 11 is 3.30. The molecule has 0 fully saturated rings. The van der Waals surface area contributed by atoms with Gasteiger partial charge in [-0.25, -0.2) is 4.98 Å². The van der Waals surface area contributed by atoms with Gasteiger partial charge in [0.05, 0.1) is 0 Å². The first-order valence-corrected chi connectivity index (χ1v) is 6.41. The van der Waals surface area contributed by atoms with E-state index in [0.717, 1.165) is 11.8 Å². The van der Waals surface area contributed by atoms with Crippen molar-refractivity contribution in [2.45, 2.75) is 13.3 Å². The molecule has 0 saturated heterocycles. The first-order chi connectivity index (χ1) is 8.10. The van der Waals surface area contributed by atoms with Gasteiger partial charge in [-0.1, -0.05) is 15.9 Å². The maximum atomic E-state index is 12.0. The van der Waals surface area contributed by atoms with Crippen LogP contribution in [0.2, 0.25) is 0 Å². The van der Waals surface area contributed by atoms with Crippen molar-refractivity contribution in [3.8, 4) is 0 Å². The van der Waals surface area contributed by atoms with Crippen molar-refractivity contribution in [1.29, 1.82) is 0 Å². The van der Waals surface area contributed by atoms with Crippen LogP contribution in [0.25, 0.3) is 0 Å². The van der Waals surface area contributed by atoms with Crippen LogP contribution in [0.3, 0.4) is 0 Å². The van der Waals surface area contributed by atoms with Gasteiger partial charge in [0.2, 0.25) is 0 Å². The van der Waals surface area contributed by atoms with Crippen molar-refractivity contribution < 1.29 is 9.72 Å². The first-order valence-electron chi connectivity index (χ1n) is 5.28. The third kappa shape index (κ3) is 3.55. The second-order valence-corrected chi connectivity index (χ2v) is 4.23. The molecule has 0 spiro atoms. The highest BCUT2D eigenvalue weighted by atomic mass is 79.9. The number of rotatable bonds is 6. The lowest BCUT2D eigenvalue weighted by Gasteiger charge is -2.18. The van der Waals surface area contributed by atoms with Gasteiger partial charge in [-0.05, 0) is 24.3 Å². The third-order valence-electron chi connectivity index (χ3n) is 2.33. The summed E-state index contributed by atoms with van der Waals surface area (Å²) in [5, 5.41) is 11.3. The zero-order valence-corrected chi connectivity index (χ0v) is 11.1. The number of alkyl halides is 1. The standard InChI is InChI=1S/C10H14BrN3O3/c1-2-13(7-3-6-11)10(15)8-4-5-9(12-8)14(16)17/h4-5,12H,2-3,6-7H2,1H3. The fourth-order valence-corrected chi connectivity index (χ4v) is 1.69. The summed E-state index contributed by atoms with van der Waals surface area (Å²) < 4.78 is 0. The number of nitrogens with zero attached hydrogens (tertiary/aromatic N) is 2. The molecule has 0 aliphatic carbocycles. The number of hydrogen-bond donors (Lipinski definition) is 1. The van der Waals surface area contributed by atoms with Crippen molar-refractivity contribution in [2.75, 3.05) is 18.4 Å². The molecule has 0 bridgehead atoms. The van der Waals surface area contributed by atoms with Crippen molar-refractivity contribution in [1.82, 2.24) is 9.88 Å². The summed E-state index contributed by atoms with van der Waals surface area (Å²) in [5.41, 5.74) is 0.258. The second kappa shape index (κ2) is 6.39. The average Bonchev–Trinajstić information content (AvgIpc) is 2.79. The predicted molar refractivity (Wildman–Crippen MR) is 67.4 cm³/mol. The monoisotopic (exact) mass is 303 g/mol. The minimum absolute atomic E-state index is 0.162. The van der Waals surface area contributed by atoms with E-state index in [1.807, 2.05) is 6.92 Å². The molecule has 1 aromatic heterocycles. The lowest BCUT2D eigenvalue weighted by atomic mass is 10.3. The number of carbonyl (C=O) groups excluding carboxylic acids is 1. The Balaban J connectivity index is 2.75. The van der Waals surface area contributed by atoms with E-state index in [4.69, 9.17) is 0 Å². The fourth-order valence-electron chi connectivity index (χ4n) is 1.44. The molecule has 0 aromatic carbocycles. The number of nitrogens with one attached hydrogen (secondary N) is 1. The minimum atomic E-state index is -0.550. The lowest BCUT2D eigenvalue weighted by Crippen LogP contribution is -2.32. The van der Waals surface area contributed by atoms with Gasteiger partial charge >= 0.3 is 5.82 Å². The molecule has 0 radical (unpaired) electrons. The summed E-state index contributed by atoms with van der Waals surface area (Å²) in [6.07, 6.45) is 0.850. The van der Waals surface area contributed by atoms with Crippen LogP contribution in [-0.4, -0.2) is 39.1 Å². The van der Waals surface area contributed by atoms with E-state index in [0.29, 0.717) is 13.1 Å². The normalized spacial score (nSPS) is 10.2. The summed E-state index contributed by atoms with van der Waals surface area (Å²) in [5.74, 6) is -0.369. The first kappa shape index (κ1) is 13.7. The lowest BCUT2D eigenvalue weighted by molar-refractivity contribution is -0.389. The van der Waals surface area contributed by atoms with E-state index in [1.54, 1.807) is 4.90 Å². The number of nitro groups is 1. The quantitative estimate of drug-likeness (QED) is 0.497. The van der Waals surface area contributed by atoms with Gasteiger partial charge in [-0.2, -0.15) is 0 Å². The van der Waals surface area contributed by atoms with E-state index in [2.05, 4.69) is 20.9 Å². The van der Waals surface area contributed by atoms with Gasteiger partial charge in [-0.3, -0.25) is 4.79 Å². The molecule has 1 heterocycles. The Labute approximate surface area is 107 Å². The van der Waals surface area contributed by atoms with E-state index >= 15 is 0 Å². The highest BCUT2D eigenvalue weighted by molar-refractivity contribution is 9.09. The van der Waals surface area contributed by atoms with Crippen molar-refractivity contribution in [2.24, 2.45) is 0 Å². The second-order valence-electron chi connectivity index (χ2n) is 3.44.